The zero-order chi connectivity index (χ0) is 15.9. The van der Waals surface area contributed by atoms with E-state index in [4.69, 9.17) is 9.47 Å². The van der Waals surface area contributed by atoms with Crippen LogP contribution in [0.5, 0.6) is 11.5 Å². The van der Waals surface area contributed by atoms with Crippen LogP contribution in [0.25, 0.3) is 10.9 Å². The number of benzene rings is 2. The van der Waals surface area contributed by atoms with Crippen LogP contribution in [0.2, 0.25) is 0 Å². The normalized spacial score (nSPS) is 20.1. The van der Waals surface area contributed by atoms with Gasteiger partial charge in [0.05, 0.1) is 17.1 Å². The predicted octanol–water partition coefficient (Wildman–Crippen LogP) is 2.76. The second kappa shape index (κ2) is 5.53. The summed E-state index contributed by atoms with van der Waals surface area (Å²) in [7, 11) is 0. The lowest BCUT2D eigenvalue weighted by Crippen LogP contribution is -2.42. The highest BCUT2D eigenvalue weighted by Gasteiger charge is 2.26. The summed E-state index contributed by atoms with van der Waals surface area (Å²) in [5.74, 6) is 1.62. The largest absolute Gasteiger partial charge is 0.486 e. The molecule has 3 heterocycles. The Morgan fingerprint density at radius 2 is 2.08 bits per heavy atom. The van der Waals surface area contributed by atoms with Crippen molar-refractivity contribution in [2.45, 2.75) is 19.1 Å². The van der Waals surface area contributed by atoms with E-state index >= 15 is 0 Å². The molecule has 0 amide bonds. The molecule has 3 aromatic rings. The maximum absolute atomic E-state index is 6.27. The molecule has 24 heavy (non-hydrogen) atoms. The first-order valence-corrected chi connectivity index (χ1v) is 8.41. The number of rotatable bonds is 2. The molecular weight excluding hydrogens is 302 g/mol. The van der Waals surface area contributed by atoms with E-state index in [0.29, 0.717) is 6.61 Å². The summed E-state index contributed by atoms with van der Waals surface area (Å²) in [6.45, 7) is 3.52. The van der Waals surface area contributed by atoms with Crippen LogP contribution in [0, 0.1) is 0 Å². The van der Waals surface area contributed by atoms with E-state index < -0.39 is 0 Å². The first-order chi connectivity index (χ1) is 11.9. The number of aromatic nitrogens is 2. The molecule has 5 heteroatoms. The van der Waals surface area contributed by atoms with Crippen LogP contribution in [0.1, 0.15) is 11.1 Å². The standard InChI is InChI=1S/C19H19N3O2/c1-2-4-14-10-22(8-7-13(14)3-1)11-15-12-23-18-6-5-17-16(9-20-21-17)19(18)24-15/h1-6,9,15H,7-8,10-12H2,(H,20,21). The van der Waals surface area contributed by atoms with Crippen molar-refractivity contribution in [3.8, 4) is 11.5 Å². The van der Waals surface area contributed by atoms with Crippen molar-refractivity contribution in [2.24, 2.45) is 0 Å². The van der Waals surface area contributed by atoms with Crippen molar-refractivity contribution in [1.29, 1.82) is 0 Å². The van der Waals surface area contributed by atoms with Crippen LogP contribution < -0.4 is 9.47 Å². The van der Waals surface area contributed by atoms with Crippen molar-refractivity contribution < 1.29 is 9.47 Å². The van der Waals surface area contributed by atoms with Crippen LogP contribution in [-0.4, -0.2) is 40.9 Å². The maximum atomic E-state index is 6.27. The molecule has 2 aromatic carbocycles. The van der Waals surface area contributed by atoms with Gasteiger partial charge < -0.3 is 9.47 Å². The summed E-state index contributed by atoms with van der Waals surface area (Å²) in [6, 6.07) is 12.6. The van der Waals surface area contributed by atoms with Gasteiger partial charge in [-0.05, 0) is 29.7 Å². The fraction of sp³-hybridized carbons (Fsp3) is 0.316. The lowest BCUT2D eigenvalue weighted by Gasteiger charge is -2.34. The predicted molar refractivity (Wildman–Crippen MR) is 91.4 cm³/mol. The number of hydrogen-bond acceptors (Lipinski definition) is 4. The van der Waals surface area contributed by atoms with Crippen LogP contribution in [0.4, 0.5) is 0 Å². The van der Waals surface area contributed by atoms with Gasteiger partial charge in [-0.1, -0.05) is 24.3 Å². The molecule has 1 unspecified atom stereocenters. The minimum atomic E-state index is 0.0447. The van der Waals surface area contributed by atoms with Gasteiger partial charge in [0.15, 0.2) is 11.5 Å². The lowest BCUT2D eigenvalue weighted by molar-refractivity contribution is 0.0565. The molecule has 1 atom stereocenters. The number of nitrogens with zero attached hydrogens (tertiary/aromatic N) is 2. The van der Waals surface area contributed by atoms with E-state index in [1.807, 2.05) is 12.1 Å². The van der Waals surface area contributed by atoms with E-state index in [0.717, 1.165) is 48.5 Å². The Hall–Kier alpha value is -2.53. The zero-order valence-electron chi connectivity index (χ0n) is 13.4. The van der Waals surface area contributed by atoms with Gasteiger partial charge in [-0.25, -0.2) is 0 Å². The van der Waals surface area contributed by atoms with Crippen molar-refractivity contribution in [1.82, 2.24) is 15.1 Å². The molecule has 5 rings (SSSR count). The van der Waals surface area contributed by atoms with Crippen LogP contribution >= 0.6 is 0 Å². The van der Waals surface area contributed by atoms with Gasteiger partial charge in [0.25, 0.3) is 0 Å². The van der Waals surface area contributed by atoms with Gasteiger partial charge in [0, 0.05) is 19.6 Å². The van der Waals surface area contributed by atoms with Gasteiger partial charge in [-0.2, -0.15) is 5.10 Å². The summed E-state index contributed by atoms with van der Waals surface area (Å²) in [4.78, 5) is 2.46. The number of ether oxygens (including phenoxy) is 2. The molecule has 0 aliphatic carbocycles. The summed E-state index contributed by atoms with van der Waals surface area (Å²) >= 11 is 0. The molecule has 1 aromatic heterocycles. The quantitative estimate of drug-likeness (QED) is 0.788. The van der Waals surface area contributed by atoms with Crippen molar-refractivity contribution >= 4 is 10.9 Å². The molecule has 0 radical (unpaired) electrons. The highest BCUT2D eigenvalue weighted by atomic mass is 16.6. The smallest absolute Gasteiger partial charge is 0.172 e. The minimum absolute atomic E-state index is 0.0447. The Labute approximate surface area is 140 Å². The molecule has 0 fully saturated rings. The second-order valence-electron chi connectivity index (χ2n) is 6.53. The Balaban J connectivity index is 1.34. The monoisotopic (exact) mass is 321 g/mol. The first kappa shape index (κ1) is 13.9. The Bertz CT molecular complexity index is 889. The molecule has 0 saturated carbocycles. The average molecular weight is 321 g/mol. The van der Waals surface area contributed by atoms with Crippen molar-refractivity contribution in [3.63, 3.8) is 0 Å². The third-order valence-corrected chi connectivity index (χ3v) is 4.92. The number of aromatic amines is 1. The lowest BCUT2D eigenvalue weighted by atomic mass is 10.00. The van der Waals surface area contributed by atoms with Crippen LogP contribution in [-0.2, 0) is 13.0 Å². The maximum Gasteiger partial charge on any atom is 0.172 e. The fourth-order valence-electron chi connectivity index (χ4n) is 3.68. The number of nitrogens with one attached hydrogen (secondary N) is 1. The summed E-state index contributed by atoms with van der Waals surface area (Å²) in [5, 5.41) is 8.07. The van der Waals surface area contributed by atoms with Gasteiger partial charge in [0.2, 0.25) is 0 Å². The highest BCUT2D eigenvalue weighted by molar-refractivity contribution is 5.87. The molecule has 122 valence electrons. The molecule has 2 aliphatic heterocycles. The average Bonchev–Trinajstić information content (AvgIpc) is 3.11. The molecule has 1 N–H and O–H groups in total. The molecular formula is C19H19N3O2. The van der Waals surface area contributed by atoms with Crippen molar-refractivity contribution in [3.05, 3.63) is 53.7 Å². The Morgan fingerprint density at radius 1 is 1.17 bits per heavy atom. The van der Waals surface area contributed by atoms with E-state index in [1.54, 1.807) is 6.20 Å². The molecule has 0 saturated heterocycles. The minimum Gasteiger partial charge on any atom is -0.486 e. The van der Waals surface area contributed by atoms with Gasteiger partial charge in [-0.3, -0.25) is 10.00 Å². The SMILES string of the molecule is c1ccc2c(c1)CCN(CC1COc3ccc4[nH]ncc4c3O1)C2. The van der Waals surface area contributed by atoms with Gasteiger partial charge in [-0.15, -0.1) is 0 Å². The number of H-pyrrole nitrogens is 1. The van der Waals surface area contributed by atoms with Gasteiger partial charge in [0.1, 0.15) is 12.7 Å². The first-order valence-electron chi connectivity index (χ1n) is 8.41. The molecule has 5 nitrogen and oxygen atoms in total. The molecule has 0 spiro atoms. The van der Waals surface area contributed by atoms with Gasteiger partial charge >= 0.3 is 0 Å². The summed E-state index contributed by atoms with van der Waals surface area (Å²) < 4.78 is 12.2. The topological polar surface area (TPSA) is 50.4 Å². The molecule has 2 aliphatic rings. The van der Waals surface area contributed by atoms with E-state index in [-0.39, 0.29) is 6.10 Å². The van der Waals surface area contributed by atoms with Crippen molar-refractivity contribution in [2.75, 3.05) is 19.7 Å². The Kier molecular flexibility index (Phi) is 3.19. The molecule has 0 bridgehead atoms. The summed E-state index contributed by atoms with van der Waals surface area (Å²) in [5.41, 5.74) is 3.88. The zero-order valence-corrected chi connectivity index (χ0v) is 13.4. The van der Waals surface area contributed by atoms with E-state index in [1.165, 1.54) is 11.1 Å². The summed E-state index contributed by atoms with van der Waals surface area (Å²) in [6.07, 6.45) is 2.95. The second-order valence-corrected chi connectivity index (χ2v) is 6.53. The van der Waals surface area contributed by atoms with E-state index in [2.05, 4.69) is 39.4 Å². The third kappa shape index (κ3) is 2.32. The van der Waals surface area contributed by atoms with E-state index in [9.17, 15) is 0 Å². The number of hydrogen-bond donors (Lipinski definition) is 1. The number of fused-ring (bicyclic) bond motifs is 4. The Morgan fingerprint density at radius 3 is 3.04 bits per heavy atom. The van der Waals surface area contributed by atoms with Crippen LogP contribution in [0.15, 0.2) is 42.6 Å². The van der Waals surface area contributed by atoms with Crippen LogP contribution in [0.3, 0.4) is 0 Å². The highest BCUT2D eigenvalue weighted by Crippen LogP contribution is 2.38. The third-order valence-electron chi connectivity index (χ3n) is 4.92. The fourth-order valence-corrected chi connectivity index (χ4v) is 3.68.